The number of benzene rings is 1. The Bertz CT molecular complexity index is 814. The van der Waals surface area contributed by atoms with E-state index in [4.69, 9.17) is 4.74 Å². The summed E-state index contributed by atoms with van der Waals surface area (Å²) in [5.41, 5.74) is 1.97. The van der Waals surface area contributed by atoms with Crippen LogP contribution >= 0.6 is 0 Å². The van der Waals surface area contributed by atoms with Gasteiger partial charge in [0.25, 0.3) is 5.91 Å². The van der Waals surface area contributed by atoms with E-state index in [1.165, 1.54) is 0 Å². The second-order valence-electron chi connectivity index (χ2n) is 5.14. The van der Waals surface area contributed by atoms with Gasteiger partial charge in [0.1, 0.15) is 5.69 Å². The first-order valence-corrected chi connectivity index (χ1v) is 7.52. The molecular formula is C17H18N4O2. The highest BCUT2D eigenvalue weighted by atomic mass is 16.5. The molecule has 6 heteroatoms. The highest BCUT2D eigenvalue weighted by Crippen LogP contribution is 2.13. The summed E-state index contributed by atoms with van der Waals surface area (Å²) in [5.74, 6) is 0.270. The summed E-state index contributed by atoms with van der Waals surface area (Å²) in [4.78, 5) is 16.7. The molecular weight excluding hydrogens is 292 g/mol. The van der Waals surface area contributed by atoms with Gasteiger partial charge >= 0.3 is 0 Å². The summed E-state index contributed by atoms with van der Waals surface area (Å²) < 4.78 is 6.89. The van der Waals surface area contributed by atoms with Gasteiger partial charge in [-0.1, -0.05) is 30.3 Å². The summed E-state index contributed by atoms with van der Waals surface area (Å²) in [7, 11) is 0. The molecule has 0 spiro atoms. The van der Waals surface area contributed by atoms with Gasteiger partial charge in [0.15, 0.2) is 5.65 Å². The number of imidazole rings is 1. The van der Waals surface area contributed by atoms with Crippen molar-refractivity contribution in [3.63, 3.8) is 0 Å². The van der Waals surface area contributed by atoms with Crippen molar-refractivity contribution in [3.05, 3.63) is 59.9 Å². The largest absolute Gasteiger partial charge is 0.477 e. The molecule has 1 N–H and O–H groups in total. The maximum atomic E-state index is 12.4. The number of fused-ring (bicyclic) bond motifs is 1. The van der Waals surface area contributed by atoms with Gasteiger partial charge in [0, 0.05) is 6.07 Å². The van der Waals surface area contributed by atoms with E-state index in [1.54, 1.807) is 22.8 Å². The number of nitrogens with one attached hydrogen (secondary N) is 1. The molecule has 1 amide bonds. The third-order valence-electron chi connectivity index (χ3n) is 3.47. The molecule has 0 aliphatic carbocycles. The van der Waals surface area contributed by atoms with E-state index >= 15 is 0 Å². The van der Waals surface area contributed by atoms with Gasteiger partial charge in [-0.2, -0.15) is 0 Å². The van der Waals surface area contributed by atoms with E-state index in [2.05, 4.69) is 15.4 Å². The molecule has 0 aliphatic heterocycles. The van der Waals surface area contributed by atoms with Crippen molar-refractivity contribution in [2.24, 2.45) is 0 Å². The van der Waals surface area contributed by atoms with Gasteiger partial charge in [0.05, 0.1) is 18.8 Å². The average molecular weight is 310 g/mol. The minimum Gasteiger partial charge on any atom is -0.477 e. The van der Waals surface area contributed by atoms with E-state index in [0.29, 0.717) is 23.8 Å². The standard InChI is InChI=1S/C17H18N4O2/c1-3-23-16-10-9-15-19-14(11-21(15)20-16)17(22)18-12(2)13-7-5-4-6-8-13/h4-12H,3H2,1-2H3,(H,18,22)/t12-/m0/s1. The molecule has 118 valence electrons. The smallest absolute Gasteiger partial charge is 0.272 e. The molecule has 0 saturated heterocycles. The van der Waals surface area contributed by atoms with E-state index in [0.717, 1.165) is 5.56 Å². The second kappa shape index (κ2) is 6.48. The maximum Gasteiger partial charge on any atom is 0.272 e. The van der Waals surface area contributed by atoms with Crippen molar-refractivity contribution in [1.82, 2.24) is 19.9 Å². The van der Waals surface area contributed by atoms with Crippen LogP contribution in [-0.2, 0) is 0 Å². The van der Waals surface area contributed by atoms with Crippen LogP contribution in [0.5, 0.6) is 5.88 Å². The van der Waals surface area contributed by atoms with Crippen LogP contribution in [0.2, 0.25) is 0 Å². The van der Waals surface area contributed by atoms with Gasteiger partial charge in [-0.15, -0.1) is 5.10 Å². The lowest BCUT2D eigenvalue weighted by atomic mass is 10.1. The Balaban J connectivity index is 1.78. The zero-order chi connectivity index (χ0) is 16.2. The Morgan fingerprint density at radius 1 is 1.26 bits per heavy atom. The molecule has 0 saturated carbocycles. The number of carbonyl (C=O) groups excluding carboxylic acids is 1. The van der Waals surface area contributed by atoms with Crippen molar-refractivity contribution in [2.75, 3.05) is 6.61 Å². The first-order valence-electron chi connectivity index (χ1n) is 7.52. The van der Waals surface area contributed by atoms with E-state index in [9.17, 15) is 4.79 Å². The predicted octanol–water partition coefficient (Wildman–Crippen LogP) is 2.62. The Hall–Kier alpha value is -2.89. The lowest BCUT2D eigenvalue weighted by Gasteiger charge is -2.12. The summed E-state index contributed by atoms with van der Waals surface area (Å²) in [6, 6.07) is 13.2. The van der Waals surface area contributed by atoms with Gasteiger partial charge in [-0.05, 0) is 25.5 Å². The normalized spacial score (nSPS) is 12.1. The summed E-state index contributed by atoms with van der Waals surface area (Å²) in [6.45, 7) is 4.37. The Morgan fingerprint density at radius 2 is 2.04 bits per heavy atom. The van der Waals surface area contributed by atoms with Crippen LogP contribution in [-0.4, -0.2) is 27.1 Å². The van der Waals surface area contributed by atoms with E-state index in [-0.39, 0.29) is 11.9 Å². The summed E-state index contributed by atoms with van der Waals surface area (Å²) in [6.07, 6.45) is 1.60. The fraction of sp³-hybridized carbons (Fsp3) is 0.235. The zero-order valence-corrected chi connectivity index (χ0v) is 13.1. The second-order valence-corrected chi connectivity index (χ2v) is 5.14. The van der Waals surface area contributed by atoms with Crippen LogP contribution in [0.1, 0.15) is 35.9 Å². The Morgan fingerprint density at radius 3 is 2.78 bits per heavy atom. The van der Waals surface area contributed by atoms with Crippen molar-refractivity contribution in [1.29, 1.82) is 0 Å². The predicted molar refractivity (Wildman–Crippen MR) is 86.5 cm³/mol. The van der Waals surface area contributed by atoms with Crippen LogP contribution < -0.4 is 10.1 Å². The molecule has 0 aliphatic rings. The number of nitrogens with zero attached hydrogens (tertiary/aromatic N) is 3. The third kappa shape index (κ3) is 3.31. The SMILES string of the molecule is CCOc1ccc2nc(C(=O)N[C@@H](C)c3ccccc3)cn2n1. The monoisotopic (exact) mass is 310 g/mol. The molecule has 3 rings (SSSR count). The van der Waals surface area contributed by atoms with Crippen LogP contribution in [0.4, 0.5) is 0 Å². The number of carbonyl (C=O) groups is 1. The Kier molecular flexibility index (Phi) is 4.23. The minimum atomic E-state index is -0.232. The highest BCUT2D eigenvalue weighted by Gasteiger charge is 2.15. The van der Waals surface area contributed by atoms with Crippen molar-refractivity contribution in [3.8, 4) is 5.88 Å². The molecule has 1 aromatic carbocycles. The molecule has 2 aromatic heterocycles. The lowest BCUT2D eigenvalue weighted by molar-refractivity contribution is 0.0935. The molecule has 23 heavy (non-hydrogen) atoms. The summed E-state index contributed by atoms with van der Waals surface area (Å²) in [5, 5.41) is 7.20. The lowest BCUT2D eigenvalue weighted by Crippen LogP contribution is -2.26. The quantitative estimate of drug-likeness (QED) is 0.786. The zero-order valence-electron chi connectivity index (χ0n) is 13.1. The fourth-order valence-corrected chi connectivity index (χ4v) is 2.29. The van der Waals surface area contributed by atoms with Crippen LogP contribution in [0, 0.1) is 0 Å². The molecule has 0 radical (unpaired) electrons. The number of ether oxygens (including phenoxy) is 1. The molecule has 0 fully saturated rings. The number of hydrogen-bond acceptors (Lipinski definition) is 4. The van der Waals surface area contributed by atoms with E-state index in [1.807, 2.05) is 44.2 Å². The average Bonchev–Trinajstić information content (AvgIpc) is 2.99. The van der Waals surface area contributed by atoms with Gasteiger partial charge in [-0.25, -0.2) is 9.50 Å². The van der Waals surface area contributed by atoms with Gasteiger partial charge in [-0.3, -0.25) is 4.79 Å². The number of aromatic nitrogens is 3. The van der Waals surface area contributed by atoms with Gasteiger partial charge < -0.3 is 10.1 Å². The van der Waals surface area contributed by atoms with E-state index < -0.39 is 0 Å². The van der Waals surface area contributed by atoms with Crippen molar-refractivity contribution < 1.29 is 9.53 Å². The van der Waals surface area contributed by atoms with Crippen LogP contribution in [0.25, 0.3) is 5.65 Å². The molecule has 1 atom stereocenters. The minimum absolute atomic E-state index is 0.0968. The third-order valence-corrected chi connectivity index (χ3v) is 3.47. The van der Waals surface area contributed by atoms with Crippen molar-refractivity contribution >= 4 is 11.6 Å². The number of rotatable bonds is 5. The molecule has 3 aromatic rings. The van der Waals surface area contributed by atoms with Gasteiger partial charge in [0.2, 0.25) is 5.88 Å². The first-order chi connectivity index (χ1) is 11.2. The number of amides is 1. The first kappa shape index (κ1) is 15.0. The molecule has 0 bridgehead atoms. The highest BCUT2D eigenvalue weighted by molar-refractivity contribution is 5.93. The molecule has 6 nitrogen and oxygen atoms in total. The number of hydrogen-bond donors (Lipinski definition) is 1. The van der Waals surface area contributed by atoms with Crippen LogP contribution in [0.15, 0.2) is 48.7 Å². The topological polar surface area (TPSA) is 68.5 Å². The van der Waals surface area contributed by atoms with Crippen molar-refractivity contribution in [2.45, 2.75) is 19.9 Å². The Labute approximate surface area is 134 Å². The maximum absolute atomic E-state index is 12.4. The summed E-state index contributed by atoms with van der Waals surface area (Å²) >= 11 is 0. The van der Waals surface area contributed by atoms with Crippen LogP contribution in [0.3, 0.4) is 0 Å². The molecule has 0 unspecified atom stereocenters. The fourth-order valence-electron chi connectivity index (χ4n) is 2.29. The molecule has 2 heterocycles.